The summed E-state index contributed by atoms with van der Waals surface area (Å²) < 4.78 is 9.24. The van der Waals surface area contributed by atoms with E-state index in [0.29, 0.717) is 18.8 Å². The first-order chi connectivity index (χ1) is 9.65. The summed E-state index contributed by atoms with van der Waals surface area (Å²) in [6.45, 7) is 8.93. The summed E-state index contributed by atoms with van der Waals surface area (Å²) in [4.78, 5) is 0. The van der Waals surface area contributed by atoms with Gasteiger partial charge < -0.3 is 10.1 Å². The molecule has 4 nitrogen and oxygen atoms in total. The largest absolute Gasteiger partial charge is 0.372 e. The van der Waals surface area contributed by atoms with Crippen molar-refractivity contribution in [3.8, 4) is 0 Å². The third-order valence-corrected chi connectivity index (χ3v) is 5.11. The van der Waals surface area contributed by atoms with E-state index in [9.17, 15) is 0 Å². The zero-order valence-electron chi connectivity index (χ0n) is 12.8. The van der Waals surface area contributed by atoms with Crippen LogP contribution in [0.25, 0.3) is 0 Å². The van der Waals surface area contributed by atoms with E-state index in [1.807, 2.05) is 11.6 Å². The molecule has 20 heavy (non-hydrogen) atoms. The molecule has 1 saturated carbocycles. The maximum atomic E-state index is 6.11. The molecular formula is C15H26BrN3O. The number of halogens is 1. The molecule has 5 heteroatoms. The minimum atomic E-state index is 0.400. The summed E-state index contributed by atoms with van der Waals surface area (Å²) in [5.41, 5.74) is 2.21. The number of rotatable bonds is 6. The minimum absolute atomic E-state index is 0.400. The van der Waals surface area contributed by atoms with Gasteiger partial charge in [0, 0.05) is 12.6 Å². The Morgan fingerprint density at radius 1 is 1.30 bits per heavy atom. The summed E-state index contributed by atoms with van der Waals surface area (Å²) in [5, 5.41) is 8.04. The molecule has 0 aromatic carbocycles. The lowest BCUT2D eigenvalue weighted by Crippen LogP contribution is -2.35. The number of hydrogen-bond acceptors (Lipinski definition) is 3. The van der Waals surface area contributed by atoms with Gasteiger partial charge in [0.2, 0.25) is 0 Å². The molecule has 0 radical (unpaired) electrons. The lowest BCUT2D eigenvalue weighted by Gasteiger charge is -2.29. The molecule has 1 aromatic heterocycles. The van der Waals surface area contributed by atoms with Crippen molar-refractivity contribution in [2.45, 2.75) is 71.8 Å². The standard InChI is InChI=1S/C15H26BrN3O/c1-4-17-12-6-8-13(9-7-12)20-10-14-15(16)11(3)18-19(14)5-2/h12-13,17H,4-10H2,1-3H3. The van der Waals surface area contributed by atoms with Gasteiger partial charge in [-0.25, -0.2) is 0 Å². The van der Waals surface area contributed by atoms with Gasteiger partial charge in [-0.15, -0.1) is 0 Å². The predicted molar refractivity (Wildman–Crippen MR) is 84.8 cm³/mol. The number of aryl methyl sites for hydroxylation is 2. The Balaban J connectivity index is 1.84. The Bertz CT molecular complexity index is 425. The topological polar surface area (TPSA) is 39.1 Å². The van der Waals surface area contributed by atoms with Crippen LogP contribution in [0, 0.1) is 6.92 Å². The Kier molecular flexibility index (Phi) is 6.05. The summed E-state index contributed by atoms with van der Waals surface area (Å²) in [7, 11) is 0. The molecule has 114 valence electrons. The Hall–Kier alpha value is -0.390. The van der Waals surface area contributed by atoms with Crippen molar-refractivity contribution in [3.63, 3.8) is 0 Å². The Morgan fingerprint density at radius 3 is 2.60 bits per heavy atom. The lowest BCUT2D eigenvalue weighted by molar-refractivity contribution is 0.00808. The molecule has 1 heterocycles. The van der Waals surface area contributed by atoms with Crippen molar-refractivity contribution >= 4 is 15.9 Å². The molecule has 1 N–H and O–H groups in total. The monoisotopic (exact) mass is 343 g/mol. The number of hydrogen-bond donors (Lipinski definition) is 1. The molecule has 0 atom stereocenters. The summed E-state index contributed by atoms with van der Waals surface area (Å²) in [5.74, 6) is 0. The van der Waals surface area contributed by atoms with Crippen LogP contribution in [-0.2, 0) is 17.9 Å². The van der Waals surface area contributed by atoms with Crippen molar-refractivity contribution in [1.29, 1.82) is 0 Å². The van der Waals surface area contributed by atoms with Crippen LogP contribution in [0.15, 0.2) is 4.47 Å². The molecule has 0 aliphatic heterocycles. The van der Waals surface area contributed by atoms with E-state index in [1.54, 1.807) is 0 Å². The fourth-order valence-corrected chi connectivity index (χ4v) is 3.32. The highest BCUT2D eigenvalue weighted by atomic mass is 79.9. The quantitative estimate of drug-likeness (QED) is 0.860. The molecule has 1 aromatic rings. The second-order valence-electron chi connectivity index (χ2n) is 5.50. The molecule has 0 spiro atoms. The van der Waals surface area contributed by atoms with Crippen LogP contribution in [0.2, 0.25) is 0 Å². The normalized spacial score (nSPS) is 23.2. The average Bonchev–Trinajstić information content (AvgIpc) is 2.74. The number of ether oxygens (including phenoxy) is 1. The van der Waals surface area contributed by atoms with Crippen LogP contribution in [-0.4, -0.2) is 28.5 Å². The highest BCUT2D eigenvalue weighted by Crippen LogP contribution is 2.25. The van der Waals surface area contributed by atoms with Crippen molar-refractivity contribution < 1.29 is 4.74 Å². The van der Waals surface area contributed by atoms with E-state index in [0.717, 1.165) is 36.1 Å². The van der Waals surface area contributed by atoms with Crippen LogP contribution in [0.3, 0.4) is 0 Å². The number of aromatic nitrogens is 2. The summed E-state index contributed by atoms with van der Waals surface area (Å²) in [6.07, 6.45) is 5.18. The van der Waals surface area contributed by atoms with E-state index >= 15 is 0 Å². The first-order valence-corrected chi connectivity index (χ1v) is 8.51. The fourth-order valence-electron chi connectivity index (χ4n) is 2.93. The predicted octanol–water partition coefficient (Wildman–Crippen LogP) is 3.41. The zero-order chi connectivity index (χ0) is 14.5. The van der Waals surface area contributed by atoms with Crippen LogP contribution < -0.4 is 5.32 Å². The van der Waals surface area contributed by atoms with Crippen LogP contribution >= 0.6 is 15.9 Å². The van der Waals surface area contributed by atoms with Gasteiger partial charge in [0.05, 0.1) is 28.6 Å². The molecule has 0 bridgehead atoms. The van der Waals surface area contributed by atoms with Crippen molar-refractivity contribution in [1.82, 2.24) is 15.1 Å². The van der Waals surface area contributed by atoms with E-state index in [2.05, 4.69) is 40.2 Å². The van der Waals surface area contributed by atoms with E-state index in [4.69, 9.17) is 4.74 Å². The molecular weight excluding hydrogens is 318 g/mol. The maximum Gasteiger partial charge on any atom is 0.0900 e. The SMILES string of the molecule is CCNC1CCC(OCc2c(Br)c(C)nn2CC)CC1. The maximum absolute atomic E-state index is 6.11. The Morgan fingerprint density at radius 2 is 2.00 bits per heavy atom. The van der Waals surface area contributed by atoms with Gasteiger partial charge in [-0.05, 0) is 62.0 Å². The molecule has 1 fully saturated rings. The number of nitrogens with zero attached hydrogens (tertiary/aromatic N) is 2. The second-order valence-corrected chi connectivity index (χ2v) is 6.30. The van der Waals surface area contributed by atoms with Crippen LogP contribution in [0.4, 0.5) is 0 Å². The zero-order valence-corrected chi connectivity index (χ0v) is 14.4. The molecule has 2 rings (SSSR count). The van der Waals surface area contributed by atoms with Gasteiger partial charge >= 0.3 is 0 Å². The van der Waals surface area contributed by atoms with Crippen molar-refractivity contribution in [2.24, 2.45) is 0 Å². The van der Waals surface area contributed by atoms with E-state index in [1.165, 1.54) is 18.5 Å². The van der Waals surface area contributed by atoms with E-state index < -0.39 is 0 Å². The van der Waals surface area contributed by atoms with Gasteiger partial charge in [0.15, 0.2) is 0 Å². The third-order valence-electron chi connectivity index (χ3n) is 4.08. The first kappa shape index (κ1) is 16.0. The lowest BCUT2D eigenvalue weighted by atomic mass is 9.93. The van der Waals surface area contributed by atoms with Crippen molar-refractivity contribution in [3.05, 3.63) is 15.9 Å². The third kappa shape index (κ3) is 3.83. The minimum Gasteiger partial charge on any atom is -0.372 e. The van der Waals surface area contributed by atoms with Crippen LogP contribution in [0.5, 0.6) is 0 Å². The summed E-state index contributed by atoms with van der Waals surface area (Å²) in [6, 6.07) is 0.690. The average molecular weight is 344 g/mol. The Labute approximate surface area is 130 Å². The van der Waals surface area contributed by atoms with Gasteiger partial charge in [0.25, 0.3) is 0 Å². The van der Waals surface area contributed by atoms with Gasteiger partial charge in [-0.1, -0.05) is 6.92 Å². The molecule has 0 amide bonds. The van der Waals surface area contributed by atoms with Gasteiger partial charge in [-0.3, -0.25) is 4.68 Å². The summed E-state index contributed by atoms with van der Waals surface area (Å²) >= 11 is 3.62. The van der Waals surface area contributed by atoms with Gasteiger partial charge in [0.1, 0.15) is 0 Å². The fraction of sp³-hybridized carbons (Fsp3) is 0.800. The van der Waals surface area contributed by atoms with Crippen LogP contribution in [0.1, 0.15) is 50.9 Å². The number of nitrogens with one attached hydrogen (secondary N) is 1. The molecule has 0 saturated heterocycles. The smallest absolute Gasteiger partial charge is 0.0900 e. The first-order valence-electron chi connectivity index (χ1n) is 7.72. The van der Waals surface area contributed by atoms with Crippen molar-refractivity contribution in [2.75, 3.05) is 6.54 Å². The highest BCUT2D eigenvalue weighted by Gasteiger charge is 2.22. The highest BCUT2D eigenvalue weighted by molar-refractivity contribution is 9.10. The van der Waals surface area contributed by atoms with E-state index in [-0.39, 0.29) is 0 Å². The molecule has 1 aliphatic rings. The molecule has 1 aliphatic carbocycles. The molecule has 0 unspecified atom stereocenters. The van der Waals surface area contributed by atoms with Gasteiger partial charge in [-0.2, -0.15) is 5.10 Å². The second kappa shape index (κ2) is 7.57.